The molecule has 1 unspecified atom stereocenters. The van der Waals surface area contributed by atoms with Crippen LogP contribution in [0.4, 0.5) is 19.0 Å². The minimum absolute atomic E-state index is 0.0430. The van der Waals surface area contributed by atoms with Crippen LogP contribution in [0.5, 0.6) is 5.88 Å². The van der Waals surface area contributed by atoms with Gasteiger partial charge in [-0.3, -0.25) is 0 Å². The molecule has 4 heterocycles. The summed E-state index contributed by atoms with van der Waals surface area (Å²) in [6.07, 6.45) is -1.35. The summed E-state index contributed by atoms with van der Waals surface area (Å²) in [4.78, 5) is 6.01. The Kier molecular flexibility index (Phi) is 4.92. The molecule has 0 N–H and O–H groups in total. The summed E-state index contributed by atoms with van der Waals surface area (Å²) in [7, 11) is 0. The topological polar surface area (TPSA) is 92.2 Å². The Morgan fingerprint density at radius 2 is 2.10 bits per heavy atom. The van der Waals surface area contributed by atoms with Gasteiger partial charge in [-0.05, 0) is 31.0 Å². The predicted octanol–water partition coefficient (Wildman–Crippen LogP) is 2.71. The van der Waals surface area contributed by atoms with Gasteiger partial charge in [-0.2, -0.15) is 22.9 Å². The number of rotatable bonds is 4. The summed E-state index contributed by atoms with van der Waals surface area (Å²) in [5.74, 6) is -0.191. The molecular formula is C18H16F3N7O. The zero-order valence-corrected chi connectivity index (χ0v) is 15.2. The first kappa shape index (κ1) is 18.9. The molecule has 8 nitrogen and oxygen atoms in total. The number of hydrogen-bond donors (Lipinski definition) is 0. The van der Waals surface area contributed by atoms with Crippen molar-refractivity contribution in [1.82, 2.24) is 24.8 Å². The van der Waals surface area contributed by atoms with Gasteiger partial charge in [0.05, 0.1) is 18.2 Å². The molecule has 0 aliphatic carbocycles. The third kappa shape index (κ3) is 4.06. The van der Waals surface area contributed by atoms with Gasteiger partial charge in [0.1, 0.15) is 5.82 Å². The van der Waals surface area contributed by atoms with Crippen molar-refractivity contribution in [2.24, 2.45) is 5.92 Å². The van der Waals surface area contributed by atoms with Gasteiger partial charge >= 0.3 is 6.18 Å². The molecule has 0 saturated carbocycles. The second kappa shape index (κ2) is 7.54. The SMILES string of the molecule is N#Cc1ccnc(OCC2CCCN(c3ccc4nnc(C(F)(F)F)n4n3)C2)c1. The molecule has 1 aliphatic heterocycles. The minimum atomic E-state index is -4.63. The standard InChI is InChI=1S/C18H16F3N7O/c19-18(20,21)17-25-24-14-3-4-15(26-28(14)17)27-7-1-2-13(10-27)11-29-16-8-12(9-22)5-6-23-16/h3-6,8,13H,1-2,7,10-11H2. The van der Waals surface area contributed by atoms with E-state index in [1.807, 2.05) is 11.0 Å². The number of aromatic nitrogens is 5. The van der Waals surface area contributed by atoms with Crippen LogP contribution in [0.3, 0.4) is 0 Å². The monoisotopic (exact) mass is 403 g/mol. The van der Waals surface area contributed by atoms with Crippen LogP contribution in [0.2, 0.25) is 0 Å². The van der Waals surface area contributed by atoms with Crippen LogP contribution in [0.1, 0.15) is 24.2 Å². The maximum atomic E-state index is 13.1. The molecule has 29 heavy (non-hydrogen) atoms. The second-order valence-electron chi connectivity index (χ2n) is 6.74. The Labute approximate surface area is 163 Å². The van der Waals surface area contributed by atoms with Crippen molar-refractivity contribution in [2.45, 2.75) is 19.0 Å². The number of halogens is 3. The molecule has 4 rings (SSSR count). The quantitative estimate of drug-likeness (QED) is 0.661. The van der Waals surface area contributed by atoms with Gasteiger partial charge in [0.25, 0.3) is 5.82 Å². The van der Waals surface area contributed by atoms with E-state index in [1.165, 1.54) is 12.3 Å². The van der Waals surface area contributed by atoms with Crippen LogP contribution < -0.4 is 9.64 Å². The van der Waals surface area contributed by atoms with Crippen molar-refractivity contribution in [1.29, 1.82) is 5.26 Å². The summed E-state index contributed by atoms with van der Waals surface area (Å²) >= 11 is 0. The summed E-state index contributed by atoms with van der Waals surface area (Å²) in [6, 6.07) is 8.32. The van der Waals surface area contributed by atoms with E-state index in [0.717, 1.165) is 17.4 Å². The number of pyridine rings is 1. The van der Waals surface area contributed by atoms with E-state index in [4.69, 9.17) is 10.00 Å². The molecule has 0 spiro atoms. The average molecular weight is 403 g/mol. The number of nitriles is 1. The molecule has 1 fully saturated rings. The van der Waals surface area contributed by atoms with Gasteiger partial charge in [-0.25, -0.2) is 4.98 Å². The van der Waals surface area contributed by atoms with Crippen molar-refractivity contribution in [3.05, 3.63) is 41.9 Å². The summed E-state index contributed by atoms with van der Waals surface area (Å²) in [5, 5.41) is 19.8. The Bertz CT molecular complexity index is 1060. The van der Waals surface area contributed by atoms with Gasteiger partial charge in [-0.15, -0.1) is 15.3 Å². The van der Waals surface area contributed by atoms with Crippen molar-refractivity contribution < 1.29 is 17.9 Å². The normalized spacial score (nSPS) is 17.3. The minimum Gasteiger partial charge on any atom is -0.477 e. The van der Waals surface area contributed by atoms with Crippen molar-refractivity contribution in [2.75, 3.05) is 24.6 Å². The van der Waals surface area contributed by atoms with Crippen molar-refractivity contribution >= 4 is 11.5 Å². The molecule has 3 aromatic rings. The van der Waals surface area contributed by atoms with Crippen molar-refractivity contribution in [3.63, 3.8) is 0 Å². The molecule has 0 radical (unpaired) electrons. The first-order chi connectivity index (χ1) is 13.9. The maximum Gasteiger partial charge on any atom is 0.453 e. The van der Waals surface area contributed by atoms with E-state index in [1.54, 1.807) is 18.2 Å². The number of alkyl halides is 3. The summed E-state index contributed by atoms with van der Waals surface area (Å²) in [5.41, 5.74) is 0.508. The zero-order chi connectivity index (χ0) is 20.4. The third-order valence-electron chi connectivity index (χ3n) is 4.68. The van der Waals surface area contributed by atoms with Gasteiger partial charge in [0, 0.05) is 31.3 Å². The molecule has 3 aromatic heterocycles. The van der Waals surface area contributed by atoms with Gasteiger partial charge in [0.15, 0.2) is 5.65 Å². The van der Waals surface area contributed by atoms with Gasteiger partial charge in [0.2, 0.25) is 5.88 Å². The summed E-state index contributed by atoms with van der Waals surface area (Å²) < 4.78 is 45.7. The second-order valence-corrected chi connectivity index (χ2v) is 6.74. The first-order valence-electron chi connectivity index (χ1n) is 8.97. The third-order valence-corrected chi connectivity index (χ3v) is 4.68. The van der Waals surface area contributed by atoms with Crippen LogP contribution in [0.25, 0.3) is 5.65 Å². The van der Waals surface area contributed by atoms with Crippen LogP contribution in [0.15, 0.2) is 30.5 Å². The van der Waals surface area contributed by atoms with Gasteiger partial charge in [-0.1, -0.05) is 0 Å². The number of hydrogen-bond acceptors (Lipinski definition) is 7. The number of piperidine rings is 1. The fraction of sp³-hybridized carbons (Fsp3) is 0.389. The van der Waals surface area contributed by atoms with Gasteiger partial charge < -0.3 is 9.64 Å². The maximum absolute atomic E-state index is 13.1. The van der Waals surface area contributed by atoms with E-state index in [-0.39, 0.29) is 11.6 Å². The molecule has 150 valence electrons. The fourth-order valence-electron chi connectivity index (χ4n) is 3.29. The molecular weight excluding hydrogens is 387 g/mol. The first-order valence-corrected chi connectivity index (χ1v) is 8.97. The zero-order valence-electron chi connectivity index (χ0n) is 15.2. The number of ether oxygens (including phenoxy) is 1. The molecule has 0 amide bonds. The van der Waals surface area contributed by atoms with Crippen LogP contribution in [-0.2, 0) is 6.18 Å². The molecule has 1 aliphatic rings. The highest BCUT2D eigenvalue weighted by atomic mass is 19.4. The Balaban J connectivity index is 1.47. The highest BCUT2D eigenvalue weighted by Gasteiger charge is 2.38. The van der Waals surface area contributed by atoms with Crippen LogP contribution in [-0.4, -0.2) is 44.5 Å². The van der Waals surface area contributed by atoms with E-state index < -0.39 is 12.0 Å². The average Bonchev–Trinajstić information content (AvgIpc) is 3.16. The lowest BCUT2D eigenvalue weighted by Gasteiger charge is -2.33. The van der Waals surface area contributed by atoms with E-state index in [9.17, 15) is 13.2 Å². The summed E-state index contributed by atoms with van der Waals surface area (Å²) in [6.45, 7) is 1.65. The lowest BCUT2D eigenvalue weighted by molar-refractivity contribution is -0.146. The number of nitrogens with zero attached hydrogens (tertiary/aromatic N) is 7. The Morgan fingerprint density at radius 3 is 2.90 bits per heavy atom. The van der Waals surface area contributed by atoms with E-state index in [2.05, 4.69) is 20.3 Å². The lowest BCUT2D eigenvalue weighted by atomic mass is 9.99. The Hall–Kier alpha value is -3.42. The Morgan fingerprint density at radius 1 is 1.24 bits per heavy atom. The predicted molar refractivity (Wildman–Crippen MR) is 95.2 cm³/mol. The molecule has 1 saturated heterocycles. The fourth-order valence-corrected chi connectivity index (χ4v) is 3.29. The molecule has 0 bridgehead atoms. The molecule has 11 heteroatoms. The highest BCUT2D eigenvalue weighted by Crippen LogP contribution is 2.28. The van der Waals surface area contributed by atoms with Crippen molar-refractivity contribution in [3.8, 4) is 11.9 Å². The highest BCUT2D eigenvalue weighted by molar-refractivity contribution is 5.46. The number of anilines is 1. The largest absolute Gasteiger partial charge is 0.477 e. The van der Waals surface area contributed by atoms with E-state index >= 15 is 0 Å². The molecule has 0 aromatic carbocycles. The number of fused-ring (bicyclic) bond motifs is 1. The lowest BCUT2D eigenvalue weighted by Crippen LogP contribution is -2.38. The smallest absolute Gasteiger partial charge is 0.453 e. The van der Waals surface area contributed by atoms with Crippen LogP contribution in [0, 0.1) is 17.2 Å². The van der Waals surface area contributed by atoms with E-state index in [0.29, 0.717) is 37.0 Å². The van der Waals surface area contributed by atoms with Crippen LogP contribution >= 0.6 is 0 Å². The molecule has 1 atom stereocenters.